The van der Waals surface area contributed by atoms with Crippen LogP contribution in [0.2, 0.25) is 0 Å². The topological polar surface area (TPSA) is 63.2 Å². The number of hydrogen-bond donors (Lipinski definition) is 2. The number of hydrogen-bond acceptors (Lipinski definition) is 4. The molecule has 1 amide bonds. The highest BCUT2D eigenvalue weighted by Gasteiger charge is 2.27. The fourth-order valence-corrected chi connectivity index (χ4v) is 2.32. The number of ether oxygens (including phenoxy) is 1. The van der Waals surface area contributed by atoms with Gasteiger partial charge < -0.3 is 15.4 Å². The second-order valence-corrected chi connectivity index (χ2v) is 5.96. The minimum Gasteiger partial charge on any atom is -0.381 e. The lowest BCUT2D eigenvalue weighted by Crippen LogP contribution is -2.39. The quantitative estimate of drug-likeness (QED) is 0.845. The Bertz CT molecular complexity index is 453. The first-order chi connectivity index (χ1) is 10.1. The Morgan fingerprint density at radius 1 is 1.38 bits per heavy atom. The third kappa shape index (κ3) is 4.70. The molecule has 0 bridgehead atoms. The molecule has 0 saturated carbocycles. The molecule has 0 aliphatic carbocycles. The van der Waals surface area contributed by atoms with Crippen molar-refractivity contribution in [1.82, 2.24) is 10.3 Å². The Labute approximate surface area is 126 Å². The van der Waals surface area contributed by atoms with E-state index in [4.69, 9.17) is 4.74 Å². The van der Waals surface area contributed by atoms with Crippen molar-refractivity contribution in [3.63, 3.8) is 0 Å². The largest absolute Gasteiger partial charge is 0.381 e. The number of nitrogens with zero attached hydrogens (tertiary/aromatic N) is 1. The van der Waals surface area contributed by atoms with Gasteiger partial charge in [-0.05, 0) is 36.8 Å². The minimum atomic E-state index is -0.0581. The standard InChI is InChI=1S/C16H25N3O2/c1-3-8-17-14-5-4-13(11-18-14)15(20)19-12-16(2)6-9-21-10-7-16/h4-5,11H,3,6-10,12H2,1-2H3,(H,17,18)(H,19,20). The third-order valence-corrected chi connectivity index (χ3v) is 3.96. The van der Waals surface area contributed by atoms with Crippen molar-refractivity contribution < 1.29 is 9.53 Å². The highest BCUT2D eigenvalue weighted by molar-refractivity contribution is 5.94. The van der Waals surface area contributed by atoms with E-state index in [9.17, 15) is 4.79 Å². The number of amides is 1. The van der Waals surface area contributed by atoms with E-state index in [0.29, 0.717) is 12.1 Å². The van der Waals surface area contributed by atoms with Gasteiger partial charge in [0.2, 0.25) is 0 Å². The number of carbonyl (C=O) groups is 1. The number of pyridine rings is 1. The Hall–Kier alpha value is -1.62. The molecule has 0 atom stereocenters. The molecular formula is C16H25N3O2. The predicted octanol–water partition coefficient (Wildman–Crippen LogP) is 2.45. The molecule has 2 heterocycles. The Balaban J connectivity index is 1.85. The van der Waals surface area contributed by atoms with E-state index >= 15 is 0 Å². The molecule has 21 heavy (non-hydrogen) atoms. The van der Waals surface area contributed by atoms with Crippen LogP contribution in [0.15, 0.2) is 18.3 Å². The molecule has 5 heteroatoms. The molecule has 2 rings (SSSR count). The van der Waals surface area contributed by atoms with Crippen LogP contribution in [0.4, 0.5) is 5.82 Å². The SMILES string of the molecule is CCCNc1ccc(C(=O)NCC2(C)CCOCC2)cn1. The number of aromatic nitrogens is 1. The summed E-state index contributed by atoms with van der Waals surface area (Å²) in [5, 5.41) is 6.21. The zero-order valence-electron chi connectivity index (χ0n) is 12.9. The summed E-state index contributed by atoms with van der Waals surface area (Å²) in [6, 6.07) is 3.66. The summed E-state index contributed by atoms with van der Waals surface area (Å²) in [6.07, 6.45) is 4.66. The van der Waals surface area contributed by atoms with Gasteiger partial charge in [0, 0.05) is 32.5 Å². The van der Waals surface area contributed by atoms with Crippen molar-refractivity contribution in [2.75, 3.05) is 31.6 Å². The average Bonchev–Trinajstić information content (AvgIpc) is 2.52. The molecule has 1 saturated heterocycles. The summed E-state index contributed by atoms with van der Waals surface area (Å²) in [7, 11) is 0. The minimum absolute atomic E-state index is 0.0581. The molecule has 0 aromatic carbocycles. The van der Waals surface area contributed by atoms with Crippen molar-refractivity contribution in [2.45, 2.75) is 33.1 Å². The highest BCUT2D eigenvalue weighted by Crippen LogP contribution is 2.28. The van der Waals surface area contributed by atoms with Gasteiger partial charge >= 0.3 is 0 Å². The van der Waals surface area contributed by atoms with Gasteiger partial charge in [-0.2, -0.15) is 0 Å². The molecule has 0 unspecified atom stereocenters. The van der Waals surface area contributed by atoms with Crippen molar-refractivity contribution in [1.29, 1.82) is 0 Å². The number of nitrogens with one attached hydrogen (secondary N) is 2. The molecule has 0 radical (unpaired) electrons. The smallest absolute Gasteiger partial charge is 0.252 e. The van der Waals surface area contributed by atoms with Crippen molar-refractivity contribution >= 4 is 11.7 Å². The fraction of sp³-hybridized carbons (Fsp3) is 0.625. The lowest BCUT2D eigenvalue weighted by Gasteiger charge is -2.33. The lowest BCUT2D eigenvalue weighted by molar-refractivity contribution is 0.0238. The normalized spacial score (nSPS) is 17.2. The number of anilines is 1. The van der Waals surface area contributed by atoms with Crippen molar-refractivity contribution in [3.8, 4) is 0 Å². The molecule has 116 valence electrons. The Kier molecular flexibility index (Phi) is 5.56. The van der Waals surface area contributed by atoms with Gasteiger partial charge in [0.15, 0.2) is 0 Å². The Morgan fingerprint density at radius 3 is 2.76 bits per heavy atom. The molecule has 1 aromatic heterocycles. The van der Waals surface area contributed by atoms with Crippen LogP contribution < -0.4 is 10.6 Å². The van der Waals surface area contributed by atoms with Gasteiger partial charge in [0.25, 0.3) is 5.91 Å². The molecule has 1 aliphatic heterocycles. The van der Waals surface area contributed by atoms with Crippen molar-refractivity contribution in [3.05, 3.63) is 23.9 Å². The lowest BCUT2D eigenvalue weighted by atomic mass is 9.82. The van der Waals surface area contributed by atoms with Crippen LogP contribution in [0.1, 0.15) is 43.5 Å². The first kappa shape index (κ1) is 15.8. The predicted molar refractivity (Wildman–Crippen MR) is 83.5 cm³/mol. The fourth-order valence-electron chi connectivity index (χ4n) is 2.32. The first-order valence-corrected chi connectivity index (χ1v) is 7.69. The Morgan fingerprint density at radius 2 is 2.14 bits per heavy atom. The molecule has 2 N–H and O–H groups in total. The summed E-state index contributed by atoms with van der Waals surface area (Å²) in [5.41, 5.74) is 0.747. The van der Waals surface area contributed by atoms with Crippen molar-refractivity contribution in [2.24, 2.45) is 5.41 Å². The maximum absolute atomic E-state index is 12.2. The van der Waals surface area contributed by atoms with Gasteiger partial charge in [0.1, 0.15) is 5.82 Å². The van der Waals surface area contributed by atoms with E-state index in [0.717, 1.165) is 44.8 Å². The van der Waals surface area contributed by atoms with Gasteiger partial charge in [0.05, 0.1) is 5.56 Å². The highest BCUT2D eigenvalue weighted by atomic mass is 16.5. The first-order valence-electron chi connectivity index (χ1n) is 7.69. The number of carbonyl (C=O) groups excluding carboxylic acids is 1. The summed E-state index contributed by atoms with van der Waals surface area (Å²) in [6.45, 7) is 7.44. The molecule has 1 fully saturated rings. The van der Waals surface area contributed by atoms with Gasteiger partial charge in [-0.3, -0.25) is 4.79 Å². The molecule has 5 nitrogen and oxygen atoms in total. The van der Waals surface area contributed by atoms with Gasteiger partial charge in [-0.25, -0.2) is 4.98 Å². The zero-order valence-corrected chi connectivity index (χ0v) is 12.9. The maximum atomic E-state index is 12.2. The van der Waals surface area contributed by atoms with Crippen LogP contribution in [-0.4, -0.2) is 37.2 Å². The third-order valence-electron chi connectivity index (χ3n) is 3.96. The second-order valence-electron chi connectivity index (χ2n) is 5.96. The second kappa shape index (κ2) is 7.41. The van der Waals surface area contributed by atoms with Crippen LogP contribution in [0.5, 0.6) is 0 Å². The van der Waals surface area contributed by atoms with E-state index in [1.165, 1.54) is 0 Å². The van der Waals surface area contributed by atoms with Gasteiger partial charge in [-0.15, -0.1) is 0 Å². The van der Waals surface area contributed by atoms with E-state index in [1.54, 1.807) is 6.20 Å². The molecule has 0 spiro atoms. The van der Waals surface area contributed by atoms with E-state index < -0.39 is 0 Å². The summed E-state index contributed by atoms with van der Waals surface area (Å²) < 4.78 is 5.37. The van der Waals surface area contributed by atoms with Crippen LogP contribution >= 0.6 is 0 Å². The summed E-state index contributed by atoms with van der Waals surface area (Å²) >= 11 is 0. The van der Waals surface area contributed by atoms with Crippen LogP contribution in [-0.2, 0) is 4.74 Å². The molecular weight excluding hydrogens is 266 g/mol. The monoisotopic (exact) mass is 291 g/mol. The zero-order chi connectivity index (χ0) is 15.1. The molecule has 1 aromatic rings. The number of rotatable bonds is 6. The van der Waals surface area contributed by atoms with Crippen LogP contribution in [0, 0.1) is 5.41 Å². The van der Waals surface area contributed by atoms with E-state index in [-0.39, 0.29) is 11.3 Å². The van der Waals surface area contributed by atoms with Gasteiger partial charge in [-0.1, -0.05) is 13.8 Å². The van der Waals surface area contributed by atoms with E-state index in [1.807, 2.05) is 12.1 Å². The molecule has 1 aliphatic rings. The summed E-state index contributed by atoms with van der Waals surface area (Å²) in [5.74, 6) is 0.752. The summed E-state index contributed by atoms with van der Waals surface area (Å²) in [4.78, 5) is 16.4. The van der Waals surface area contributed by atoms with Crippen LogP contribution in [0.3, 0.4) is 0 Å². The van der Waals surface area contributed by atoms with Crippen LogP contribution in [0.25, 0.3) is 0 Å². The van der Waals surface area contributed by atoms with E-state index in [2.05, 4.69) is 29.5 Å². The average molecular weight is 291 g/mol. The maximum Gasteiger partial charge on any atom is 0.252 e.